The summed E-state index contributed by atoms with van der Waals surface area (Å²) in [5.41, 5.74) is 0.576. The van der Waals surface area contributed by atoms with Gasteiger partial charge in [0.2, 0.25) is 0 Å². The highest BCUT2D eigenvalue weighted by Crippen LogP contribution is 1.87. The average molecular weight is 102 g/mol. The maximum absolute atomic E-state index is 6.63. The Morgan fingerprint density at radius 2 is 2.38 bits per heavy atom. The molecule has 0 aromatic carbocycles. The van der Waals surface area contributed by atoms with Crippen molar-refractivity contribution in [2.75, 3.05) is 0 Å². The molecule has 0 saturated carbocycles. The molecular weight excluding hydrogens is 98.1 g/mol. The maximum Gasteiger partial charge on any atom is 0.00608 e. The van der Waals surface area contributed by atoms with E-state index < -0.39 is 0 Å². The molecule has 0 fully saturated rings. The molecule has 1 aromatic heterocycles. The fraction of sp³-hybridized carbons (Fsp3) is 0. The molecule has 0 spiro atoms. The third kappa shape index (κ3) is 0.855. The third-order valence-electron chi connectivity index (χ3n) is 0.793. The first kappa shape index (κ1) is 4.86. The molecule has 0 aliphatic rings. The molecule has 0 saturated heterocycles. The van der Waals surface area contributed by atoms with Gasteiger partial charge in [-0.25, -0.2) is 0 Å². The summed E-state index contributed by atoms with van der Waals surface area (Å²) in [5.74, 6) is 2.17. The van der Waals surface area contributed by atoms with E-state index >= 15 is 0 Å². The minimum atomic E-state index is 0.576. The molecule has 38 valence electrons. The van der Waals surface area contributed by atoms with Crippen molar-refractivity contribution in [2.24, 2.45) is 0 Å². The second-order valence-electron chi connectivity index (χ2n) is 1.34. The van der Waals surface area contributed by atoms with Crippen molar-refractivity contribution < 1.29 is 0 Å². The van der Waals surface area contributed by atoms with E-state index in [9.17, 15) is 0 Å². The van der Waals surface area contributed by atoms with Gasteiger partial charge in [0, 0.05) is 6.20 Å². The van der Waals surface area contributed by atoms with Crippen LogP contribution >= 0.6 is 0 Å². The van der Waals surface area contributed by atoms with E-state index in [-0.39, 0.29) is 0 Å². The van der Waals surface area contributed by atoms with Gasteiger partial charge in [-0.05, 0) is 11.8 Å². The van der Waals surface area contributed by atoms with Crippen LogP contribution < -0.4 is 0 Å². The number of hydrogen-bond donors (Lipinski definition) is 0. The standard InChI is InChI=1S/C7H4N/c1-2-7-5-3-4-6-8-7/h3-6H/q-1. The van der Waals surface area contributed by atoms with E-state index in [1.807, 2.05) is 6.07 Å². The Bertz CT molecular complexity index is 195. The zero-order chi connectivity index (χ0) is 5.82. The molecule has 0 aliphatic heterocycles. The van der Waals surface area contributed by atoms with Crippen LogP contribution in [0.2, 0.25) is 0 Å². The minimum Gasteiger partial charge on any atom is -0.364 e. The van der Waals surface area contributed by atoms with Crippen LogP contribution in [0.25, 0.3) is 0 Å². The summed E-state index contributed by atoms with van der Waals surface area (Å²) in [6, 6.07) is 5.36. The third-order valence-corrected chi connectivity index (χ3v) is 0.793. The fourth-order valence-corrected chi connectivity index (χ4v) is 0.437. The number of pyridine rings is 1. The quantitative estimate of drug-likeness (QED) is 0.352. The van der Waals surface area contributed by atoms with Crippen LogP contribution in [0, 0.1) is 12.3 Å². The highest BCUT2D eigenvalue weighted by Gasteiger charge is 1.67. The van der Waals surface area contributed by atoms with Crippen LogP contribution in [0.1, 0.15) is 5.69 Å². The molecule has 1 heterocycles. The summed E-state index contributed by atoms with van der Waals surface area (Å²) in [5, 5.41) is 0. The summed E-state index contributed by atoms with van der Waals surface area (Å²) in [6.45, 7) is 0. The highest BCUT2D eigenvalue weighted by molar-refractivity contribution is 5.20. The van der Waals surface area contributed by atoms with Crippen molar-refractivity contribution >= 4 is 0 Å². The predicted molar refractivity (Wildman–Crippen MR) is 30.5 cm³/mol. The number of aromatic nitrogens is 1. The number of hydrogen-bond acceptors (Lipinski definition) is 1. The molecule has 1 aromatic rings. The molecule has 1 nitrogen and oxygen atoms in total. The second kappa shape index (κ2) is 2.13. The molecule has 0 bridgehead atoms. The van der Waals surface area contributed by atoms with E-state index in [1.54, 1.807) is 18.3 Å². The monoisotopic (exact) mass is 102 g/mol. The van der Waals surface area contributed by atoms with E-state index in [0.29, 0.717) is 5.69 Å². The van der Waals surface area contributed by atoms with E-state index in [2.05, 4.69) is 10.9 Å². The van der Waals surface area contributed by atoms with E-state index in [0.717, 1.165) is 0 Å². The highest BCUT2D eigenvalue weighted by atomic mass is 14.6. The Balaban J connectivity index is 3.05. The van der Waals surface area contributed by atoms with Gasteiger partial charge in [-0.15, -0.1) is 6.07 Å². The average Bonchev–Trinajstić information content (AvgIpc) is 1.90. The van der Waals surface area contributed by atoms with Crippen LogP contribution in [-0.2, 0) is 0 Å². The van der Waals surface area contributed by atoms with Gasteiger partial charge in [0.15, 0.2) is 0 Å². The molecule has 0 amide bonds. The van der Waals surface area contributed by atoms with Crippen LogP contribution in [0.15, 0.2) is 24.4 Å². The Hall–Kier alpha value is -1.29. The fourth-order valence-electron chi connectivity index (χ4n) is 0.437. The first-order chi connectivity index (χ1) is 3.93. The second-order valence-corrected chi connectivity index (χ2v) is 1.34. The van der Waals surface area contributed by atoms with Crippen molar-refractivity contribution in [3.05, 3.63) is 36.5 Å². The van der Waals surface area contributed by atoms with Crippen molar-refractivity contribution in [1.29, 1.82) is 0 Å². The smallest absolute Gasteiger partial charge is 0.00608 e. The van der Waals surface area contributed by atoms with Gasteiger partial charge in [0.1, 0.15) is 0 Å². The first-order valence-corrected chi connectivity index (χ1v) is 2.27. The minimum absolute atomic E-state index is 0.576. The van der Waals surface area contributed by atoms with Gasteiger partial charge in [-0.2, -0.15) is 0 Å². The lowest BCUT2D eigenvalue weighted by Crippen LogP contribution is -1.75. The Labute approximate surface area is 48.4 Å². The predicted octanol–water partition coefficient (Wildman–Crippen LogP) is 1.02. The van der Waals surface area contributed by atoms with Gasteiger partial charge >= 0.3 is 0 Å². The van der Waals surface area contributed by atoms with Crippen LogP contribution in [-0.4, -0.2) is 4.98 Å². The van der Waals surface area contributed by atoms with Gasteiger partial charge in [-0.1, -0.05) is 6.07 Å². The molecule has 0 aliphatic carbocycles. The molecule has 0 unspecified atom stereocenters. The topological polar surface area (TPSA) is 12.9 Å². The molecule has 1 rings (SSSR count). The molecule has 0 radical (unpaired) electrons. The molecule has 0 N–H and O–H groups in total. The lowest BCUT2D eigenvalue weighted by atomic mass is 10.4. The van der Waals surface area contributed by atoms with Gasteiger partial charge in [0.25, 0.3) is 0 Å². The Morgan fingerprint density at radius 1 is 1.50 bits per heavy atom. The lowest BCUT2D eigenvalue weighted by Gasteiger charge is -1.92. The SMILES string of the molecule is [C-]#Cc1ccccn1. The molecule has 1 heteroatoms. The Morgan fingerprint density at radius 3 is 2.75 bits per heavy atom. The van der Waals surface area contributed by atoms with E-state index in [1.165, 1.54) is 0 Å². The summed E-state index contributed by atoms with van der Waals surface area (Å²) >= 11 is 0. The van der Waals surface area contributed by atoms with Crippen molar-refractivity contribution in [1.82, 2.24) is 4.98 Å². The van der Waals surface area contributed by atoms with Crippen LogP contribution in [0.4, 0.5) is 0 Å². The van der Waals surface area contributed by atoms with Gasteiger partial charge < -0.3 is 11.4 Å². The maximum atomic E-state index is 6.63. The van der Waals surface area contributed by atoms with Gasteiger partial charge in [-0.3, -0.25) is 5.92 Å². The molecular formula is C7H4N-. The van der Waals surface area contributed by atoms with Crippen molar-refractivity contribution in [2.45, 2.75) is 0 Å². The summed E-state index contributed by atoms with van der Waals surface area (Å²) in [6.07, 6.45) is 8.27. The normalized spacial score (nSPS) is 7.88. The number of rotatable bonds is 0. The lowest BCUT2D eigenvalue weighted by molar-refractivity contribution is 1.29. The number of nitrogens with zero attached hydrogens (tertiary/aromatic N) is 1. The van der Waals surface area contributed by atoms with Crippen molar-refractivity contribution in [3.8, 4) is 5.92 Å². The van der Waals surface area contributed by atoms with Crippen molar-refractivity contribution in [3.63, 3.8) is 0 Å². The zero-order valence-electron chi connectivity index (χ0n) is 4.26. The summed E-state index contributed by atoms with van der Waals surface area (Å²) in [4.78, 5) is 3.80. The summed E-state index contributed by atoms with van der Waals surface area (Å²) < 4.78 is 0. The molecule has 8 heavy (non-hydrogen) atoms. The largest absolute Gasteiger partial charge is 0.364 e. The summed E-state index contributed by atoms with van der Waals surface area (Å²) in [7, 11) is 0. The molecule has 0 atom stereocenters. The Kier molecular flexibility index (Phi) is 1.29. The van der Waals surface area contributed by atoms with Gasteiger partial charge in [0.05, 0.1) is 0 Å². The zero-order valence-corrected chi connectivity index (χ0v) is 4.26. The first-order valence-electron chi connectivity index (χ1n) is 2.27. The van der Waals surface area contributed by atoms with E-state index in [4.69, 9.17) is 6.42 Å². The van der Waals surface area contributed by atoms with Crippen LogP contribution in [0.5, 0.6) is 0 Å². The van der Waals surface area contributed by atoms with Crippen LogP contribution in [0.3, 0.4) is 0 Å².